The lowest BCUT2D eigenvalue weighted by Gasteiger charge is -2.44. The van der Waals surface area contributed by atoms with Crippen LogP contribution in [0.3, 0.4) is 0 Å². The molecule has 0 spiro atoms. The van der Waals surface area contributed by atoms with E-state index in [0.717, 1.165) is 6.42 Å². The summed E-state index contributed by atoms with van der Waals surface area (Å²) in [5.74, 6) is 1.21. The van der Waals surface area contributed by atoms with Crippen LogP contribution in [0.1, 0.15) is 19.3 Å². The molecule has 2 unspecified atom stereocenters. The number of fused-ring (bicyclic) bond motifs is 2. The van der Waals surface area contributed by atoms with E-state index in [1.807, 2.05) is 0 Å². The van der Waals surface area contributed by atoms with Crippen LogP contribution >= 0.6 is 0 Å². The summed E-state index contributed by atoms with van der Waals surface area (Å²) in [5, 5.41) is 9.65. The Morgan fingerprint density at radius 3 is 2.20 bits per heavy atom. The highest BCUT2D eigenvalue weighted by molar-refractivity contribution is 7.91. The minimum atomic E-state index is -2.87. The van der Waals surface area contributed by atoms with Gasteiger partial charge in [0.2, 0.25) is 0 Å². The van der Waals surface area contributed by atoms with Gasteiger partial charge in [0.25, 0.3) is 0 Å². The second-order valence-corrected chi connectivity index (χ2v) is 7.12. The van der Waals surface area contributed by atoms with Crippen LogP contribution in [-0.2, 0) is 9.84 Å². The molecule has 2 rings (SSSR count). The fourth-order valence-electron chi connectivity index (χ4n) is 3.30. The number of sulfone groups is 1. The average molecular weight is 233 g/mol. The molecular weight excluding hydrogens is 214 g/mol. The molecule has 2 fully saturated rings. The van der Waals surface area contributed by atoms with Gasteiger partial charge in [-0.15, -0.1) is 0 Å². The highest BCUT2D eigenvalue weighted by Gasteiger charge is 2.44. The van der Waals surface area contributed by atoms with Gasteiger partial charge in [0.1, 0.15) is 0 Å². The van der Waals surface area contributed by atoms with E-state index in [1.54, 1.807) is 0 Å². The molecule has 2 aliphatic rings. The smallest absolute Gasteiger partial charge is 0.150 e. The third kappa shape index (κ3) is 2.34. The molecule has 88 valence electrons. The third-order valence-electron chi connectivity index (χ3n) is 3.80. The minimum absolute atomic E-state index is 0.140. The number of nitrogens with two attached hydrogens (primary N) is 1. The molecule has 1 saturated heterocycles. The fourth-order valence-corrected chi connectivity index (χ4v) is 5.50. The van der Waals surface area contributed by atoms with Crippen molar-refractivity contribution < 1.29 is 13.5 Å². The molecule has 3 N–H and O–H groups in total. The number of hydrogen-bond acceptors (Lipinski definition) is 4. The lowest BCUT2D eigenvalue weighted by molar-refractivity contribution is 0.0348. The van der Waals surface area contributed by atoms with Crippen molar-refractivity contribution in [3.8, 4) is 0 Å². The largest absolute Gasteiger partial charge is 0.393 e. The third-order valence-corrected chi connectivity index (χ3v) is 5.67. The topological polar surface area (TPSA) is 80.4 Å². The molecule has 1 aliphatic heterocycles. The maximum atomic E-state index is 11.6. The van der Waals surface area contributed by atoms with E-state index in [1.165, 1.54) is 0 Å². The Balaban J connectivity index is 2.18. The van der Waals surface area contributed by atoms with Crippen LogP contribution in [0.25, 0.3) is 0 Å². The maximum absolute atomic E-state index is 11.6. The Labute approximate surface area is 90.8 Å². The van der Waals surface area contributed by atoms with Crippen LogP contribution in [0.4, 0.5) is 0 Å². The Morgan fingerprint density at radius 1 is 1.20 bits per heavy atom. The molecule has 0 aromatic rings. The quantitative estimate of drug-likeness (QED) is 0.690. The summed E-state index contributed by atoms with van der Waals surface area (Å²) < 4.78 is 23.2. The first kappa shape index (κ1) is 11.4. The Bertz CT molecular complexity index is 306. The van der Waals surface area contributed by atoms with Crippen molar-refractivity contribution in [3.63, 3.8) is 0 Å². The van der Waals surface area contributed by atoms with Gasteiger partial charge < -0.3 is 10.8 Å². The van der Waals surface area contributed by atoms with Crippen molar-refractivity contribution in [1.29, 1.82) is 0 Å². The number of aliphatic hydroxyl groups is 1. The van der Waals surface area contributed by atoms with Crippen LogP contribution < -0.4 is 5.73 Å². The van der Waals surface area contributed by atoms with Crippen LogP contribution in [0.2, 0.25) is 0 Å². The fraction of sp³-hybridized carbons (Fsp3) is 1.00. The second-order valence-electron chi connectivity index (χ2n) is 4.96. The first-order chi connectivity index (χ1) is 7.02. The Morgan fingerprint density at radius 2 is 1.73 bits per heavy atom. The van der Waals surface area contributed by atoms with Crippen molar-refractivity contribution >= 4 is 9.84 Å². The van der Waals surface area contributed by atoms with Gasteiger partial charge in [0.15, 0.2) is 9.84 Å². The van der Waals surface area contributed by atoms with E-state index >= 15 is 0 Å². The first-order valence-electron chi connectivity index (χ1n) is 5.60. The molecule has 15 heavy (non-hydrogen) atoms. The van der Waals surface area contributed by atoms with Gasteiger partial charge >= 0.3 is 0 Å². The zero-order valence-corrected chi connectivity index (χ0v) is 9.62. The molecule has 4 nitrogen and oxygen atoms in total. The second kappa shape index (κ2) is 4.03. The zero-order chi connectivity index (χ0) is 11.1. The number of rotatable bonds is 2. The summed E-state index contributed by atoms with van der Waals surface area (Å²) in [7, 11) is -2.87. The molecule has 0 amide bonds. The summed E-state index contributed by atoms with van der Waals surface area (Å²) in [5.41, 5.74) is 5.55. The van der Waals surface area contributed by atoms with E-state index in [4.69, 9.17) is 5.73 Å². The van der Waals surface area contributed by atoms with Gasteiger partial charge in [-0.05, 0) is 43.6 Å². The molecule has 1 aliphatic carbocycles. The predicted molar refractivity (Wildman–Crippen MR) is 58.0 cm³/mol. The molecule has 0 aromatic carbocycles. The standard InChI is InChI=1S/C10H19NO3S/c11-2-1-10-7-3-9(12)4-8(10)6-15(13,14)5-7/h7-10,12H,1-6,11H2. The molecule has 1 heterocycles. The number of aliphatic hydroxyl groups excluding tert-OH is 1. The van der Waals surface area contributed by atoms with E-state index < -0.39 is 9.84 Å². The normalized spacial score (nSPS) is 43.9. The molecule has 5 heteroatoms. The van der Waals surface area contributed by atoms with E-state index in [9.17, 15) is 13.5 Å². The van der Waals surface area contributed by atoms with Crippen molar-refractivity contribution in [2.45, 2.75) is 25.4 Å². The Hall–Kier alpha value is -0.130. The summed E-state index contributed by atoms with van der Waals surface area (Å²) in [6.07, 6.45) is 1.88. The van der Waals surface area contributed by atoms with Crippen molar-refractivity contribution in [2.24, 2.45) is 23.5 Å². The van der Waals surface area contributed by atoms with Crippen LogP contribution in [0, 0.1) is 17.8 Å². The molecule has 2 bridgehead atoms. The monoisotopic (exact) mass is 233 g/mol. The van der Waals surface area contributed by atoms with E-state index in [0.29, 0.717) is 25.3 Å². The van der Waals surface area contributed by atoms with Gasteiger partial charge in [0.05, 0.1) is 17.6 Å². The number of hydrogen-bond donors (Lipinski definition) is 2. The van der Waals surface area contributed by atoms with Crippen LogP contribution in [0.5, 0.6) is 0 Å². The van der Waals surface area contributed by atoms with E-state index in [2.05, 4.69) is 0 Å². The van der Waals surface area contributed by atoms with Gasteiger partial charge in [-0.25, -0.2) is 8.42 Å². The van der Waals surface area contributed by atoms with Gasteiger partial charge in [-0.3, -0.25) is 0 Å². The molecule has 1 saturated carbocycles. The van der Waals surface area contributed by atoms with Gasteiger partial charge in [-0.2, -0.15) is 0 Å². The SMILES string of the molecule is NCCC1C2CC(O)CC1CS(=O)(=O)C2. The van der Waals surface area contributed by atoms with Crippen molar-refractivity contribution in [3.05, 3.63) is 0 Å². The van der Waals surface area contributed by atoms with Gasteiger partial charge in [-0.1, -0.05) is 0 Å². The van der Waals surface area contributed by atoms with Crippen molar-refractivity contribution in [1.82, 2.24) is 0 Å². The van der Waals surface area contributed by atoms with Crippen LogP contribution in [-0.4, -0.2) is 37.7 Å². The summed E-state index contributed by atoms with van der Waals surface area (Å²) in [6.45, 7) is 0.619. The van der Waals surface area contributed by atoms with Crippen LogP contribution in [0.15, 0.2) is 0 Å². The lowest BCUT2D eigenvalue weighted by Crippen LogP contribution is -2.47. The first-order valence-corrected chi connectivity index (χ1v) is 7.42. The predicted octanol–water partition coefficient (Wildman–Crippen LogP) is -0.233. The summed E-state index contributed by atoms with van der Waals surface area (Å²) >= 11 is 0. The average Bonchev–Trinajstić information content (AvgIpc) is 2.06. The zero-order valence-electron chi connectivity index (χ0n) is 8.80. The lowest BCUT2D eigenvalue weighted by atomic mass is 9.70. The van der Waals surface area contributed by atoms with Gasteiger partial charge in [0, 0.05) is 0 Å². The summed E-state index contributed by atoms with van der Waals surface area (Å²) in [4.78, 5) is 0. The highest BCUT2D eigenvalue weighted by Crippen LogP contribution is 2.42. The Kier molecular flexibility index (Phi) is 3.05. The molecule has 0 aromatic heterocycles. The molecule has 2 atom stereocenters. The molecule has 0 radical (unpaired) electrons. The highest BCUT2D eigenvalue weighted by atomic mass is 32.2. The van der Waals surface area contributed by atoms with Crippen molar-refractivity contribution in [2.75, 3.05) is 18.1 Å². The molecular formula is C10H19NO3S. The maximum Gasteiger partial charge on any atom is 0.150 e. The summed E-state index contributed by atoms with van der Waals surface area (Å²) in [6, 6.07) is 0. The minimum Gasteiger partial charge on any atom is -0.393 e. The van der Waals surface area contributed by atoms with E-state index in [-0.39, 0.29) is 29.4 Å².